The summed E-state index contributed by atoms with van der Waals surface area (Å²) in [6.45, 7) is 22.8. The second kappa shape index (κ2) is 7.60. The minimum Gasteiger partial charge on any atom is -0.508 e. The quantitative estimate of drug-likeness (QED) is 0.389. The van der Waals surface area contributed by atoms with E-state index in [1.54, 1.807) is 0 Å². The van der Waals surface area contributed by atoms with Crippen LogP contribution in [0.5, 0.6) is 5.75 Å². The van der Waals surface area contributed by atoms with Crippen LogP contribution >= 0.6 is 0 Å². The number of fused-ring (bicyclic) bond motifs is 3. The zero-order valence-corrected chi connectivity index (χ0v) is 23.1. The van der Waals surface area contributed by atoms with Gasteiger partial charge in [-0.2, -0.15) is 0 Å². The third-order valence-corrected chi connectivity index (χ3v) is 11.7. The second-order valence-electron chi connectivity index (χ2n) is 12.7. The molecule has 1 aliphatic rings. The smallest absolute Gasteiger partial charge is 0.118 e. The minimum absolute atomic E-state index is 0.0964. The highest BCUT2D eigenvalue weighted by atomic mass is 28.3. The number of aryl methyl sites for hydroxylation is 1. The minimum atomic E-state index is -2.16. The van der Waals surface area contributed by atoms with Crippen molar-refractivity contribution in [2.75, 3.05) is 0 Å². The predicted molar refractivity (Wildman–Crippen MR) is 146 cm³/mol. The van der Waals surface area contributed by atoms with Gasteiger partial charge in [0.1, 0.15) is 5.75 Å². The summed E-state index contributed by atoms with van der Waals surface area (Å²) < 4.78 is 0. The normalized spacial score (nSPS) is 14.4. The van der Waals surface area contributed by atoms with Crippen LogP contribution in [0.3, 0.4) is 0 Å². The Hall–Kier alpha value is -2.32. The van der Waals surface area contributed by atoms with E-state index in [0.29, 0.717) is 11.3 Å². The highest BCUT2D eigenvalue weighted by Crippen LogP contribution is 2.51. The number of phenolic OH excluding ortho intramolecular Hbond substituents is 1. The number of rotatable bonds is 2. The van der Waals surface area contributed by atoms with E-state index in [1.165, 1.54) is 33.4 Å². The van der Waals surface area contributed by atoms with Gasteiger partial charge in [0.05, 0.1) is 8.07 Å². The first kappa shape index (κ1) is 23.8. The molecule has 0 radical (unpaired) electrons. The third-order valence-electron chi connectivity index (χ3n) is 7.87. The maximum absolute atomic E-state index is 11.3. The molecule has 0 bridgehead atoms. The van der Waals surface area contributed by atoms with Gasteiger partial charge in [-0.1, -0.05) is 103 Å². The van der Waals surface area contributed by atoms with Gasteiger partial charge < -0.3 is 5.11 Å². The van der Waals surface area contributed by atoms with Crippen molar-refractivity contribution in [3.63, 3.8) is 0 Å². The molecule has 0 aromatic heterocycles. The maximum atomic E-state index is 11.3. The van der Waals surface area contributed by atoms with Crippen molar-refractivity contribution in [2.45, 2.75) is 84.9 Å². The molecule has 1 N–H and O–H groups in total. The zero-order valence-electron chi connectivity index (χ0n) is 22.1. The molecular weight excluding hydrogens is 416 g/mol. The van der Waals surface area contributed by atoms with Gasteiger partial charge in [-0.05, 0) is 74.4 Å². The van der Waals surface area contributed by atoms with Gasteiger partial charge in [0.2, 0.25) is 0 Å². The Morgan fingerprint density at radius 2 is 1.15 bits per heavy atom. The summed E-state index contributed by atoms with van der Waals surface area (Å²) in [5.74, 6) is 0.501. The summed E-state index contributed by atoms with van der Waals surface area (Å²) in [7, 11) is -2.16. The highest BCUT2D eigenvalue weighted by molar-refractivity contribution is 6.92. The van der Waals surface area contributed by atoms with Crippen molar-refractivity contribution in [1.82, 2.24) is 0 Å². The van der Waals surface area contributed by atoms with Crippen molar-refractivity contribution in [3.05, 3.63) is 81.9 Å². The molecule has 0 amide bonds. The van der Waals surface area contributed by atoms with E-state index in [0.717, 1.165) is 16.3 Å². The lowest BCUT2D eigenvalue weighted by Gasteiger charge is -2.34. The molecule has 3 aromatic rings. The van der Waals surface area contributed by atoms with E-state index in [4.69, 9.17) is 0 Å². The molecule has 0 unspecified atom stereocenters. The van der Waals surface area contributed by atoms with Gasteiger partial charge in [0, 0.05) is 5.54 Å². The lowest BCUT2D eigenvalue weighted by Crippen LogP contribution is -2.48. The van der Waals surface area contributed by atoms with Gasteiger partial charge in [0.15, 0.2) is 0 Å². The Labute approximate surface area is 201 Å². The van der Waals surface area contributed by atoms with Crippen LogP contribution in [0.25, 0.3) is 11.1 Å². The fourth-order valence-electron chi connectivity index (χ4n) is 5.45. The molecule has 1 aliphatic carbocycles. The molecule has 0 aliphatic heterocycles. The van der Waals surface area contributed by atoms with Gasteiger partial charge in [-0.25, -0.2) is 0 Å². The second-order valence-corrected chi connectivity index (χ2v) is 17.2. The Bertz CT molecular complexity index is 1170. The molecule has 0 saturated heterocycles. The summed E-state index contributed by atoms with van der Waals surface area (Å²) in [4.78, 5) is 0. The Balaban J connectivity index is 2.02. The van der Waals surface area contributed by atoms with Crippen LogP contribution in [0.2, 0.25) is 13.1 Å². The van der Waals surface area contributed by atoms with E-state index in [2.05, 4.69) is 110 Å². The summed E-state index contributed by atoms with van der Waals surface area (Å²) in [5.41, 5.74) is 11.0. The maximum Gasteiger partial charge on any atom is 0.118 e. The lowest BCUT2D eigenvalue weighted by molar-refractivity contribution is 0.474. The van der Waals surface area contributed by atoms with Crippen molar-refractivity contribution < 1.29 is 5.11 Å². The van der Waals surface area contributed by atoms with Crippen LogP contribution in [0.4, 0.5) is 0 Å². The van der Waals surface area contributed by atoms with E-state index < -0.39 is 8.07 Å². The fraction of sp³-hybridized carbons (Fsp3) is 0.419. The number of benzene rings is 3. The van der Waals surface area contributed by atoms with Gasteiger partial charge in [0.25, 0.3) is 0 Å². The largest absolute Gasteiger partial charge is 0.508 e. The molecule has 4 rings (SSSR count). The Kier molecular flexibility index (Phi) is 5.48. The van der Waals surface area contributed by atoms with Gasteiger partial charge >= 0.3 is 0 Å². The van der Waals surface area contributed by atoms with Crippen LogP contribution in [-0.4, -0.2) is 13.2 Å². The topological polar surface area (TPSA) is 20.2 Å². The summed E-state index contributed by atoms with van der Waals surface area (Å²) >= 11 is 0. The van der Waals surface area contributed by atoms with E-state index in [1.807, 2.05) is 6.92 Å². The first-order valence-corrected chi connectivity index (χ1v) is 15.3. The van der Waals surface area contributed by atoms with Crippen LogP contribution < -0.4 is 5.19 Å². The molecule has 33 heavy (non-hydrogen) atoms. The molecule has 1 nitrogen and oxygen atoms in total. The fourth-order valence-corrected chi connectivity index (χ4v) is 9.10. The number of aromatic hydroxyl groups is 1. The first-order chi connectivity index (χ1) is 15.1. The van der Waals surface area contributed by atoms with E-state index >= 15 is 0 Å². The molecule has 2 heteroatoms. The molecule has 174 valence electrons. The number of hydrogen-bond acceptors (Lipinski definition) is 1. The predicted octanol–water partition coefficient (Wildman–Crippen LogP) is 7.87. The van der Waals surface area contributed by atoms with Crippen LogP contribution in [0.15, 0.2) is 48.5 Å². The van der Waals surface area contributed by atoms with Crippen molar-refractivity contribution in [2.24, 2.45) is 0 Å². The lowest BCUT2D eigenvalue weighted by atomic mass is 9.85. The number of hydrogen-bond donors (Lipinski definition) is 1. The van der Waals surface area contributed by atoms with E-state index in [-0.39, 0.29) is 10.8 Å². The van der Waals surface area contributed by atoms with Crippen LogP contribution in [0, 0.1) is 13.8 Å². The number of phenols is 1. The van der Waals surface area contributed by atoms with Crippen LogP contribution in [0.1, 0.15) is 80.5 Å². The highest BCUT2D eigenvalue weighted by Gasteiger charge is 2.44. The van der Waals surface area contributed by atoms with Crippen molar-refractivity contribution >= 4 is 13.3 Å². The molecular formula is C31H40OSi. The molecule has 0 fully saturated rings. The summed E-state index contributed by atoms with van der Waals surface area (Å²) in [6.07, 6.45) is 0. The summed E-state index contributed by atoms with van der Waals surface area (Å²) in [6, 6.07) is 18.6. The molecule has 0 atom stereocenters. The Morgan fingerprint density at radius 3 is 1.58 bits per heavy atom. The van der Waals surface area contributed by atoms with Gasteiger partial charge in [-0.15, -0.1) is 0 Å². The average Bonchev–Trinajstić information content (AvgIpc) is 3.04. The van der Waals surface area contributed by atoms with Crippen molar-refractivity contribution in [3.8, 4) is 16.9 Å². The third kappa shape index (κ3) is 3.87. The van der Waals surface area contributed by atoms with Gasteiger partial charge in [-0.3, -0.25) is 0 Å². The Morgan fingerprint density at radius 1 is 0.697 bits per heavy atom. The first-order valence-electron chi connectivity index (χ1n) is 12.2. The zero-order chi connectivity index (χ0) is 24.5. The van der Waals surface area contributed by atoms with E-state index in [9.17, 15) is 5.11 Å². The standard InChI is InChI=1S/C31H40OSi/c1-19-11-16-27(28(32)20(19)2)33(9,10)29-25-17-21(30(3,4)5)12-14-23(25)24-15-13-22(18-26(24)29)31(6,7)8/h11-18,29,32H,1-10H3. The monoisotopic (exact) mass is 456 g/mol. The summed E-state index contributed by atoms with van der Waals surface area (Å²) in [5, 5.41) is 12.4. The molecule has 0 saturated carbocycles. The van der Waals surface area contributed by atoms with Crippen LogP contribution in [-0.2, 0) is 10.8 Å². The molecule has 0 heterocycles. The molecule has 3 aromatic carbocycles. The average molecular weight is 457 g/mol. The molecule has 0 spiro atoms. The SMILES string of the molecule is Cc1ccc([Si](C)(C)C2c3cc(C(C)(C)C)ccc3-c3ccc(C(C)(C)C)cc32)c(O)c1C. The van der Waals surface area contributed by atoms with Crippen molar-refractivity contribution in [1.29, 1.82) is 0 Å².